The third-order valence-electron chi connectivity index (χ3n) is 3.05. The molecule has 0 aliphatic rings. The average Bonchev–Trinajstić information content (AvgIpc) is 2.57. The fraction of sp³-hybridized carbons (Fsp3) is 0.222. The standard InChI is InChI=1S/C18H18ClNO4/c1-2-3-10-23-18(22)9-5-13-4-7-16(15(19)11-13)24-17-8-6-14(21)12-20-17/h4-9,11-12,21H,2-3,10H2,1H3. The molecule has 6 heteroatoms. The SMILES string of the molecule is CCCCOC(=O)C=Cc1ccc(Oc2ccc(O)cn2)c(Cl)c1. The molecular formula is C18H18ClNO4. The zero-order chi connectivity index (χ0) is 17.4. The van der Waals surface area contributed by atoms with Crippen molar-refractivity contribution in [1.29, 1.82) is 0 Å². The number of aromatic hydroxyl groups is 1. The summed E-state index contributed by atoms with van der Waals surface area (Å²) in [5.74, 6) is 0.419. The van der Waals surface area contributed by atoms with Crippen molar-refractivity contribution in [3.05, 3.63) is 53.2 Å². The molecule has 0 bridgehead atoms. The van der Waals surface area contributed by atoms with E-state index in [9.17, 15) is 9.90 Å². The van der Waals surface area contributed by atoms with Crippen LogP contribution in [0.1, 0.15) is 25.3 Å². The van der Waals surface area contributed by atoms with E-state index in [1.54, 1.807) is 24.3 Å². The second-order valence-electron chi connectivity index (χ2n) is 5.00. The van der Waals surface area contributed by atoms with Crippen LogP contribution in [-0.2, 0) is 9.53 Å². The summed E-state index contributed by atoms with van der Waals surface area (Å²) in [4.78, 5) is 15.4. The van der Waals surface area contributed by atoms with Crippen molar-refractivity contribution >= 4 is 23.6 Å². The maximum Gasteiger partial charge on any atom is 0.330 e. The largest absolute Gasteiger partial charge is 0.506 e. The number of esters is 1. The van der Waals surface area contributed by atoms with Gasteiger partial charge in [-0.25, -0.2) is 9.78 Å². The summed E-state index contributed by atoms with van der Waals surface area (Å²) in [6.07, 6.45) is 6.10. The van der Waals surface area contributed by atoms with Crippen molar-refractivity contribution < 1.29 is 19.4 Å². The Morgan fingerprint density at radius 1 is 1.33 bits per heavy atom. The fourth-order valence-corrected chi connectivity index (χ4v) is 2.01. The van der Waals surface area contributed by atoms with Gasteiger partial charge in [-0.3, -0.25) is 0 Å². The summed E-state index contributed by atoms with van der Waals surface area (Å²) >= 11 is 6.18. The van der Waals surface area contributed by atoms with Crippen molar-refractivity contribution in [2.24, 2.45) is 0 Å². The molecule has 0 unspecified atom stereocenters. The number of carbonyl (C=O) groups excluding carboxylic acids is 1. The minimum atomic E-state index is -0.381. The van der Waals surface area contributed by atoms with Crippen LogP contribution in [-0.4, -0.2) is 22.7 Å². The van der Waals surface area contributed by atoms with Crippen molar-refractivity contribution in [2.45, 2.75) is 19.8 Å². The third kappa shape index (κ3) is 5.59. The smallest absolute Gasteiger partial charge is 0.330 e. The van der Waals surface area contributed by atoms with E-state index >= 15 is 0 Å². The predicted octanol–water partition coefficient (Wildman–Crippen LogP) is 4.59. The monoisotopic (exact) mass is 347 g/mol. The highest BCUT2D eigenvalue weighted by Gasteiger charge is 2.05. The number of aromatic nitrogens is 1. The Labute approximate surface area is 145 Å². The van der Waals surface area contributed by atoms with Crippen LogP contribution in [0.4, 0.5) is 0 Å². The van der Waals surface area contributed by atoms with Crippen LogP contribution in [0.3, 0.4) is 0 Å². The van der Waals surface area contributed by atoms with Gasteiger partial charge in [-0.2, -0.15) is 0 Å². The van der Waals surface area contributed by atoms with E-state index in [4.69, 9.17) is 21.1 Å². The van der Waals surface area contributed by atoms with E-state index < -0.39 is 0 Å². The molecular weight excluding hydrogens is 330 g/mol. The van der Waals surface area contributed by atoms with Crippen molar-refractivity contribution in [1.82, 2.24) is 4.98 Å². The minimum Gasteiger partial charge on any atom is -0.506 e. The quantitative estimate of drug-likeness (QED) is 0.450. The van der Waals surface area contributed by atoms with Gasteiger partial charge >= 0.3 is 5.97 Å². The van der Waals surface area contributed by atoms with Gasteiger partial charge in [-0.15, -0.1) is 0 Å². The second-order valence-corrected chi connectivity index (χ2v) is 5.41. The summed E-state index contributed by atoms with van der Waals surface area (Å²) < 4.78 is 10.6. The molecule has 1 N–H and O–H groups in total. The Kier molecular flexibility index (Phi) is 6.63. The normalized spacial score (nSPS) is 10.8. The van der Waals surface area contributed by atoms with Crippen LogP contribution in [0.2, 0.25) is 5.02 Å². The van der Waals surface area contributed by atoms with Gasteiger partial charge in [0.15, 0.2) is 0 Å². The highest BCUT2D eigenvalue weighted by molar-refractivity contribution is 6.32. The van der Waals surface area contributed by atoms with Crippen molar-refractivity contribution in [3.8, 4) is 17.4 Å². The molecule has 2 aromatic rings. The number of hydrogen-bond donors (Lipinski definition) is 1. The zero-order valence-corrected chi connectivity index (χ0v) is 14.0. The first-order valence-electron chi connectivity index (χ1n) is 7.55. The Bertz CT molecular complexity index is 713. The molecule has 126 valence electrons. The Balaban J connectivity index is 1.98. The van der Waals surface area contributed by atoms with Crippen LogP contribution < -0.4 is 4.74 Å². The topological polar surface area (TPSA) is 68.7 Å². The lowest BCUT2D eigenvalue weighted by Gasteiger charge is -2.07. The van der Waals surface area contributed by atoms with Gasteiger partial charge < -0.3 is 14.6 Å². The molecule has 5 nitrogen and oxygen atoms in total. The lowest BCUT2D eigenvalue weighted by atomic mass is 10.2. The summed E-state index contributed by atoms with van der Waals surface area (Å²) in [5, 5.41) is 9.58. The molecule has 2 rings (SSSR count). The molecule has 0 radical (unpaired) electrons. The fourth-order valence-electron chi connectivity index (χ4n) is 1.78. The first-order chi connectivity index (χ1) is 11.6. The highest BCUT2D eigenvalue weighted by Crippen LogP contribution is 2.30. The van der Waals surface area contributed by atoms with E-state index in [1.807, 2.05) is 6.92 Å². The van der Waals surface area contributed by atoms with E-state index in [-0.39, 0.29) is 11.7 Å². The van der Waals surface area contributed by atoms with E-state index in [0.29, 0.717) is 23.3 Å². The number of halogens is 1. The number of rotatable bonds is 7. The lowest BCUT2D eigenvalue weighted by Crippen LogP contribution is -2.01. The molecule has 0 atom stereocenters. The van der Waals surface area contributed by atoms with Crippen LogP contribution in [0.5, 0.6) is 17.4 Å². The lowest BCUT2D eigenvalue weighted by molar-refractivity contribution is -0.137. The Morgan fingerprint density at radius 2 is 2.17 bits per heavy atom. The Morgan fingerprint density at radius 3 is 2.83 bits per heavy atom. The van der Waals surface area contributed by atoms with Gasteiger partial charge in [0.25, 0.3) is 0 Å². The number of ether oxygens (including phenoxy) is 2. The number of unbranched alkanes of at least 4 members (excludes halogenated alkanes) is 1. The molecule has 24 heavy (non-hydrogen) atoms. The van der Waals surface area contributed by atoms with E-state index in [2.05, 4.69) is 4.98 Å². The molecule has 0 saturated heterocycles. The molecule has 0 aliphatic heterocycles. The Hall–Kier alpha value is -2.53. The number of nitrogens with zero attached hydrogens (tertiary/aromatic N) is 1. The molecule has 0 spiro atoms. The van der Waals surface area contributed by atoms with Gasteiger partial charge in [-0.1, -0.05) is 31.0 Å². The van der Waals surface area contributed by atoms with Crippen LogP contribution >= 0.6 is 11.6 Å². The highest BCUT2D eigenvalue weighted by atomic mass is 35.5. The second kappa shape index (κ2) is 8.93. The van der Waals surface area contributed by atoms with Crippen molar-refractivity contribution in [3.63, 3.8) is 0 Å². The number of pyridine rings is 1. The first kappa shape index (κ1) is 17.8. The van der Waals surface area contributed by atoms with Gasteiger partial charge in [0.2, 0.25) is 5.88 Å². The van der Waals surface area contributed by atoms with Crippen LogP contribution in [0, 0.1) is 0 Å². The third-order valence-corrected chi connectivity index (χ3v) is 3.34. The summed E-state index contributed by atoms with van der Waals surface area (Å²) in [5.41, 5.74) is 0.749. The molecule has 1 heterocycles. The molecule has 0 saturated carbocycles. The van der Waals surface area contributed by atoms with Crippen molar-refractivity contribution in [2.75, 3.05) is 6.61 Å². The predicted molar refractivity (Wildman–Crippen MR) is 92.3 cm³/mol. The maximum atomic E-state index is 11.5. The summed E-state index contributed by atoms with van der Waals surface area (Å²) in [6.45, 7) is 2.45. The number of hydrogen-bond acceptors (Lipinski definition) is 5. The van der Waals surface area contributed by atoms with Crippen LogP contribution in [0.25, 0.3) is 6.08 Å². The molecule has 0 aliphatic carbocycles. The molecule has 0 fully saturated rings. The zero-order valence-electron chi connectivity index (χ0n) is 13.2. The van der Waals surface area contributed by atoms with Crippen LogP contribution in [0.15, 0.2) is 42.6 Å². The average molecular weight is 348 g/mol. The van der Waals surface area contributed by atoms with Gasteiger partial charge in [0.1, 0.15) is 11.5 Å². The summed E-state index contributed by atoms with van der Waals surface area (Å²) in [7, 11) is 0. The number of carbonyl (C=O) groups is 1. The van der Waals surface area contributed by atoms with Gasteiger partial charge in [-0.05, 0) is 36.3 Å². The minimum absolute atomic E-state index is 0.0553. The van der Waals surface area contributed by atoms with E-state index in [1.165, 1.54) is 24.4 Å². The molecule has 1 aromatic carbocycles. The van der Waals surface area contributed by atoms with Gasteiger partial charge in [0.05, 0.1) is 17.8 Å². The first-order valence-corrected chi connectivity index (χ1v) is 7.93. The maximum absolute atomic E-state index is 11.5. The van der Waals surface area contributed by atoms with Gasteiger partial charge in [0, 0.05) is 12.1 Å². The number of benzene rings is 1. The summed E-state index contributed by atoms with van der Waals surface area (Å²) in [6, 6.07) is 8.12. The molecule has 0 amide bonds. The van der Waals surface area contributed by atoms with E-state index in [0.717, 1.165) is 18.4 Å². The molecule has 1 aromatic heterocycles.